The van der Waals surface area contributed by atoms with Crippen molar-refractivity contribution in [3.63, 3.8) is 0 Å². The smallest absolute Gasteiger partial charge is 0.297 e. The number of halogens is 1. The van der Waals surface area contributed by atoms with Crippen LogP contribution in [0.25, 0.3) is 0 Å². The summed E-state index contributed by atoms with van der Waals surface area (Å²) < 4.78 is 17.4. The first kappa shape index (κ1) is 15.3. The fourth-order valence-corrected chi connectivity index (χ4v) is 5.83. The van der Waals surface area contributed by atoms with Gasteiger partial charge < -0.3 is 4.52 Å². The van der Waals surface area contributed by atoms with Crippen molar-refractivity contribution < 1.29 is 18.9 Å². The summed E-state index contributed by atoms with van der Waals surface area (Å²) in [5.41, 5.74) is -3.81. The van der Waals surface area contributed by atoms with E-state index in [0.717, 1.165) is 13.8 Å². The Balaban J connectivity index is 3.16. The molecule has 0 N–H and O–H groups in total. The average molecular weight is 301 g/mol. The molecule has 0 aliphatic carbocycles. The van der Waals surface area contributed by atoms with Crippen molar-refractivity contribution in [2.24, 2.45) is 0 Å². The summed E-state index contributed by atoms with van der Waals surface area (Å²) >= 11 is 5.40. The van der Waals surface area contributed by atoms with Gasteiger partial charge in [-0.1, -0.05) is 0 Å². The van der Waals surface area contributed by atoms with Crippen LogP contribution < -0.4 is 0 Å². The molecule has 10 heteroatoms. The van der Waals surface area contributed by atoms with Crippen LogP contribution in [-0.4, -0.2) is 45.7 Å². The quantitative estimate of drug-likeness (QED) is 0.330. The Hall–Kier alpha value is -0.720. The summed E-state index contributed by atoms with van der Waals surface area (Å²) in [6.07, 6.45) is -0.886. The van der Waals surface area contributed by atoms with E-state index < -0.39 is 40.6 Å². The Kier molecular flexibility index (Phi) is 4.05. The summed E-state index contributed by atoms with van der Waals surface area (Å²) in [5, 5.41) is 22.2. The van der Waals surface area contributed by atoms with E-state index in [9.17, 15) is 24.8 Å². The third-order valence-electron chi connectivity index (χ3n) is 3.47. The zero-order valence-corrected chi connectivity index (χ0v) is 11.6. The molecule has 1 saturated heterocycles. The molecule has 1 heterocycles. The van der Waals surface area contributed by atoms with E-state index in [2.05, 4.69) is 0 Å². The highest BCUT2D eigenvalue weighted by atomic mass is 35.5. The summed E-state index contributed by atoms with van der Waals surface area (Å²) in [7, 11) is -3.41. The maximum Gasteiger partial charge on any atom is 0.297 e. The zero-order chi connectivity index (χ0) is 14.2. The molecular formula is C8H14ClN2O6P. The molecule has 3 atom stereocenters. The summed E-state index contributed by atoms with van der Waals surface area (Å²) in [5.74, 6) is 0.0777. The van der Waals surface area contributed by atoms with E-state index in [1.807, 2.05) is 0 Å². The van der Waals surface area contributed by atoms with Crippen LogP contribution in [0.5, 0.6) is 0 Å². The molecule has 1 fully saturated rings. The van der Waals surface area contributed by atoms with Gasteiger partial charge in [-0.3, -0.25) is 24.8 Å². The highest BCUT2D eigenvalue weighted by Gasteiger charge is 2.74. The van der Waals surface area contributed by atoms with Crippen LogP contribution in [0.1, 0.15) is 13.8 Å². The Morgan fingerprint density at radius 1 is 1.22 bits per heavy atom. The molecule has 1 rings (SSSR count). The normalized spacial score (nSPS) is 39.7. The Morgan fingerprint density at radius 2 is 1.61 bits per heavy atom. The highest BCUT2D eigenvalue weighted by molar-refractivity contribution is 7.59. The molecule has 0 aromatic rings. The minimum Gasteiger partial charge on any atom is -0.327 e. The third kappa shape index (κ3) is 2.24. The predicted octanol–water partition coefficient (Wildman–Crippen LogP) is 1.60. The molecule has 0 bridgehead atoms. The van der Waals surface area contributed by atoms with Crippen LogP contribution in [0.2, 0.25) is 0 Å². The van der Waals surface area contributed by atoms with E-state index >= 15 is 0 Å². The minimum absolute atomic E-state index is 0.0412. The first-order valence-electron chi connectivity index (χ1n) is 5.19. The molecule has 0 aromatic heterocycles. The Bertz CT molecular complexity index is 400. The molecule has 1 aliphatic heterocycles. The molecule has 0 amide bonds. The van der Waals surface area contributed by atoms with Crippen LogP contribution in [0.3, 0.4) is 0 Å². The largest absolute Gasteiger partial charge is 0.327 e. The van der Waals surface area contributed by atoms with Gasteiger partial charge in [-0.2, -0.15) is 0 Å². The highest BCUT2D eigenvalue weighted by Crippen LogP contribution is 2.61. The number of nitrogens with zero attached hydrogens (tertiary/aromatic N) is 2. The topological polar surface area (TPSA) is 113 Å². The Morgan fingerprint density at radius 3 is 1.89 bits per heavy atom. The number of rotatable bonds is 5. The second-order valence-electron chi connectivity index (χ2n) is 4.71. The Labute approximate surface area is 108 Å². The molecule has 1 unspecified atom stereocenters. The van der Waals surface area contributed by atoms with Crippen LogP contribution in [-0.2, 0) is 9.09 Å². The molecule has 0 radical (unpaired) electrons. The lowest BCUT2D eigenvalue weighted by Crippen LogP contribution is -2.59. The van der Waals surface area contributed by atoms with E-state index in [1.54, 1.807) is 0 Å². The van der Waals surface area contributed by atoms with Crippen molar-refractivity contribution in [1.82, 2.24) is 0 Å². The SMILES string of the molecule is C[C@@]1([N+](=O)[O-])CP(=O)(OCCCl)C[C@]1(C)[N+](=O)[O-]. The van der Waals surface area contributed by atoms with Crippen LogP contribution in [0.15, 0.2) is 0 Å². The number of hydrogen-bond acceptors (Lipinski definition) is 6. The maximum absolute atomic E-state index is 12.3. The van der Waals surface area contributed by atoms with E-state index in [4.69, 9.17) is 16.1 Å². The van der Waals surface area contributed by atoms with E-state index in [0.29, 0.717) is 0 Å². The number of nitro groups is 2. The second kappa shape index (κ2) is 4.75. The first-order valence-corrected chi connectivity index (χ1v) is 7.72. The van der Waals surface area contributed by atoms with Gasteiger partial charge in [0.15, 0.2) is 0 Å². The summed E-state index contributed by atoms with van der Waals surface area (Å²) in [4.78, 5) is 20.7. The van der Waals surface area contributed by atoms with Crippen LogP contribution >= 0.6 is 19.0 Å². The van der Waals surface area contributed by atoms with Gasteiger partial charge in [0, 0.05) is 29.6 Å². The van der Waals surface area contributed by atoms with Gasteiger partial charge in [0.25, 0.3) is 11.1 Å². The van der Waals surface area contributed by atoms with Gasteiger partial charge in [0.1, 0.15) is 12.3 Å². The van der Waals surface area contributed by atoms with Crippen molar-refractivity contribution in [2.75, 3.05) is 24.8 Å². The second-order valence-corrected chi connectivity index (χ2v) is 7.61. The van der Waals surface area contributed by atoms with Crippen molar-refractivity contribution in [2.45, 2.75) is 24.9 Å². The lowest BCUT2D eigenvalue weighted by atomic mass is 9.84. The van der Waals surface area contributed by atoms with Gasteiger partial charge in [-0.15, -0.1) is 11.6 Å². The predicted molar refractivity (Wildman–Crippen MR) is 64.8 cm³/mol. The van der Waals surface area contributed by atoms with Gasteiger partial charge in [-0.05, 0) is 0 Å². The third-order valence-corrected chi connectivity index (χ3v) is 6.47. The van der Waals surface area contributed by atoms with Crippen molar-refractivity contribution in [1.29, 1.82) is 0 Å². The van der Waals surface area contributed by atoms with Gasteiger partial charge >= 0.3 is 0 Å². The molecule has 104 valence electrons. The van der Waals surface area contributed by atoms with Crippen molar-refractivity contribution >= 4 is 19.0 Å². The molecular weight excluding hydrogens is 287 g/mol. The van der Waals surface area contributed by atoms with Crippen molar-refractivity contribution in [3.8, 4) is 0 Å². The summed E-state index contributed by atoms with van der Waals surface area (Å²) in [6.45, 7) is 2.24. The fraction of sp³-hybridized carbons (Fsp3) is 1.00. The number of alkyl halides is 1. The summed E-state index contributed by atoms with van der Waals surface area (Å²) in [6, 6.07) is 0. The van der Waals surface area contributed by atoms with E-state index in [-0.39, 0.29) is 12.5 Å². The zero-order valence-electron chi connectivity index (χ0n) is 10.00. The maximum atomic E-state index is 12.3. The van der Waals surface area contributed by atoms with Gasteiger partial charge in [-0.25, -0.2) is 0 Å². The van der Waals surface area contributed by atoms with Gasteiger partial charge in [0.05, 0.1) is 6.61 Å². The average Bonchev–Trinajstić information content (AvgIpc) is 2.46. The minimum atomic E-state index is -3.41. The lowest BCUT2D eigenvalue weighted by molar-refractivity contribution is -0.668. The molecule has 0 saturated carbocycles. The molecule has 0 spiro atoms. The van der Waals surface area contributed by atoms with Gasteiger partial charge in [0.2, 0.25) is 7.37 Å². The van der Waals surface area contributed by atoms with Crippen molar-refractivity contribution in [3.05, 3.63) is 20.2 Å². The fourth-order valence-electron chi connectivity index (χ4n) is 2.14. The molecule has 18 heavy (non-hydrogen) atoms. The molecule has 8 nitrogen and oxygen atoms in total. The van der Waals surface area contributed by atoms with Crippen LogP contribution in [0.4, 0.5) is 0 Å². The van der Waals surface area contributed by atoms with Crippen LogP contribution in [0, 0.1) is 20.2 Å². The monoisotopic (exact) mass is 300 g/mol. The first-order chi connectivity index (χ1) is 8.11. The van der Waals surface area contributed by atoms with E-state index in [1.165, 1.54) is 0 Å². The standard InChI is InChI=1S/C8H14ClN2O6P/c1-7(10(12)13)5-18(16,17-4-3-9)6-8(7,2)11(14)15/h3-6H2,1-2H3/t7-,8+,18?. The number of hydrogen-bond donors (Lipinski definition) is 0. The molecule has 1 aliphatic rings. The molecule has 0 aromatic carbocycles. The lowest BCUT2D eigenvalue weighted by Gasteiger charge is -2.24.